The normalized spacial score (nSPS) is 51.3. The molecule has 6 rings (SSSR count). The quantitative estimate of drug-likeness (QED) is 0.593. The molecule has 0 amide bonds. The van der Waals surface area contributed by atoms with E-state index < -0.39 is 0 Å². The van der Waals surface area contributed by atoms with Crippen LogP contribution in [-0.2, 0) is 9.53 Å². The van der Waals surface area contributed by atoms with Crippen molar-refractivity contribution in [2.24, 2.45) is 17.8 Å². The van der Waals surface area contributed by atoms with E-state index in [1.54, 1.807) is 0 Å². The maximum absolute atomic E-state index is 11.7. The first-order valence-electron chi connectivity index (χ1n) is 5.67. The van der Waals surface area contributed by atoms with Crippen molar-refractivity contribution in [3.8, 4) is 0 Å². The molecule has 0 aromatic heterocycles. The summed E-state index contributed by atoms with van der Waals surface area (Å²) in [7, 11) is 0. The number of rotatable bonds is 0. The number of carbonyl (C=O) groups excluding carboxylic acids is 1. The molecule has 6 bridgehead atoms. The van der Waals surface area contributed by atoms with Gasteiger partial charge in [0.15, 0.2) is 0 Å². The van der Waals surface area contributed by atoms with E-state index >= 15 is 0 Å². The molecule has 1 aliphatic heterocycles. The molecule has 2 nitrogen and oxygen atoms in total. The lowest BCUT2D eigenvalue weighted by Crippen LogP contribution is -2.24. The van der Waals surface area contributed by atoms with E-state index in [0.717, 1.165) is 0 Å². The third kappa shape index (κ3) is 0.543. The van der Waals surface area contributed by atoms with Crippen LogP contribution < -0.4 is 0 Å². The van der Waals surface area contributed by atoms with Crippen molar-refractivity contribution >= 4 is 5.97 Å². The Kier molecular flexibility index (Phi) is 0.865. The van der Waals surface area contributed by atoms with Crippen molar-refractivity contribution in [3.63, 3.8) is 0 Å². The Balaban J connectivity index is 1.84. The fraction of sp³-hybridized carbons (Fsp3) is 0.462. The zero-order chi connectivity index (χ0) is 9.73. The van der Waals surface area contributed by atoms with Gasteiger partial charge < -0.3 is 4.74 Å². The van der Waals surface area contributed by atoms with Gasteiger partial charge in [0.1, 0.15) is 6.10 Å². The second-order valence-corrected chi connectivity index (χ2v) is 5.26. The average molecular weight is 198 g/mol. The summed E-state index contributed by atoms with van der Waals surface area (Å²) >= 11 is 0. The number of carbonyl (C=O) groups is 1. The predicted octanol–water partition coefficient (Wildman–Crippen LogP) is 1.67. The lowest BCUT2D eigenvalue weighted by Gasteiger charge is -2.27. The van der Waals surface area contributed by atoms with Crippen LogP contribution in [0.15, 0.2) is 24.3 Å². The van der Waals surface area contributed by atoms with Gasteiger partial charge in [0.25, 0.3) is 0 Å². The van der Waals surface area contributed by atoms with Crippen molar-refractivity contribution in [1.29, 1.82) is 0 Å². The van der Waals surface area contributed by atoms with Gasteiger partial charge in [0.05, 0.1) is 5.92 Å². The molecule has 1 heterocycles. The maximum atomic E-state index is 11.7. The van der Waals surface area contributed by atoms with E-state index in [9.17, 15) is 4.79 Å². The lowest BCUT2D eigenvalue weighted by atomic mass is 9.74. The van der Waals surface area contributed by atoms with E-state index in [-0.39, 0.29) is 18.0 Å². The van der Waals surface area contributed by atoms with Gasteiger partial charge in [0, 0.05) is 11.8 Å². The van der Waals surface area contributed by atoms with Crippen LogP contribution in [0.3, 0.4) is 0 Å². The van der Waals surface area contributed by atoms with E-state index in [1.165, 1.54) is 11.1 Å². The average Bonchev–Trinajstić information content (AvgIpc) is 2.84. The van der Waals surface area contributed by atoms with E-state index in [0.29, 0.717) is 23.7 Å². The molecule has 6 atom stereocenters. The van der Waals surface area contributed by atoms with Crippen LogP contribution in [0.5, 0.6) is 0 Å². The highest BCUT2D eigenvalue weighted by molar-refractivity contribution is 5.82. The lowest BCUT2D eigenvalue weighted by molar-refractivity contribution is -0.148. The Bertz CT molecular complexity index is 507. The minimum Gasteiger partial charge on any atom is -0.461 e. The van der Waals surface area contributed by atoms with Crippen molar-refractivity contribution in [2.45, 2.75) is 17.9 Å². The van der Waals surface area contributed by atoms with Gasteiger partial charge in [-0.3, -0.25) is 4.79 Å². The molecular formula is C13H10O2. The topological polar surface area (TPSA) is 26.3 Å². The highest BCUT2D eigenvalue weighted by Gasteiger charge is 2.78. The number of hydrogen-bond acceptors (Lipinski definition) is 2. The third-order valence-corrected chi connectivity index (χ3v) is 4.91. The molecule has 2 heteroatoms. The minimum absolute atomic E-state index is 0.0725. The molecule has 15 heavy (non-hydrogen) atoms. The maximum Gasteiger partial charge on any atom is 0.310 e. The molecule has 74 valence electrons. The number of hydrogen-bond donors (Lipinski definition) is 0. The summed E-state index contributed by atoms with van der Waals surface area (Å²) in [5, 5.41) is 0. The minimum atomic E-state index is 0.0725. The Labute approximate surface area is 87.2 Å². The molecule has 0 N–H and O–H groups in total. The molecule has 2 saturated carbocycles. The Morgan fingerprint density at radius 2 is 1.67 bits per heavy atom. The summed E-state index contributed by atoms with van der Waals surface area (Å²) in [6.07, 6.45) is 0.229. The molecule has 0 spiro atoms. The highest BCUT2D eigenvalue weighted by atomic mass is 16.6. The first-order valence-corrected chi connectivity index (χ1v) is 5.67. The van der Waals surface area contributed by atoms with Crippen LogP contribution in [0.1, 0.15) is 23.0 Å². The van der Waals surface area contributed by atoms with Crippen molar-refractivity contribution < 1.29 is 9.53 Å². The summed E-state index contributed by atoms with van der Waals surface area (Å²) in [5.74, 6) is 2.63. The first-order chi connectivity index (χ1) is 7.38. The van der Waals surface area contributed by atoms with Gasteiger partial charge in [-0.2, -0.15) is 0 Å². The SMILES string of the molecule is O=C1OC2C3c4ccccc4C4C2C4C13. The molecule has 0 radical (unpaired) electrons. The van der Waals surface area contributed by atoms with Crippen LogP contribution in [0.4, 0.5) is 0 Å². The van der Waals surface area contributed by atoms with Crippen LogP contribution in [-0.4, -0.2) is 12.1 Å². The summed E-state index contributed by atoms with van der Waals surface area (Å²) in [6.45, 7) is 0. The summed E-state index contributed by atoms with van der Waals surface area (Å²) in [5.41, 5.74) is 2.90. The smallest absolute Gasteiger partial charge is 0.310 e. The van der Waals surface area contributed by atoms with Crippen molar-refractivity contribution in [1.82, 2.24) is 0 Å². The molecule has 1 aromatic carbocycles. The van der Waals surface area contributed by atoms with Crippen molar-refractivity contribution in [3.05, 3.63) is 35.4 Å². The molecule has 5 aliphatic rings. The van der Waals surface area contributed by atoms with Crippen molar-refractivity contribution in [2.75, 3.05) is 0 Å². The predicted molar refractivity (Wildman–Crippen MR) is 52.3 cm³/mol. The summed E-state index contributed by atoms with van der Waals surface area (Å²) in [4.78, 5) is 11.7. The van der Waals surface area contributed by atoms with Gasteiger partial charge in [-0.15, -0.1) is 0 Å². The highest BCUT2D eigenvalue weighted by Crippen LogP contribution is 2.77. The van der Waals surface area contributed by atoms with Crippen LogP contribution in [0.2, 0.25) is 0 Å². The van der Waals surface area contributed by atoms with E-state index in [1.807, 2.05) is 0 Å². The third-order valence-electron chi connectivity index (χ3n) is 4.91. The van der Waals surface area contributed by atoms with Gasteiger partial charge in [-0.1, -0.05) is 24.3 Å². The fourth-order valence-electron chi connectivity index (χ4n) is 4.50. The molecule has 4 aliphatic carbocycles. The molecule has 1 aromatic rings. The van der Waals surface area contributed by atoms with Crippen LogP contribution >= 0.6 is 0 Å². The van der Waals surface area contributed by atoms with E-state index in [4.69, 9.17) is 4.74 Å². The number of benzene rings is 1. The second-order valence-electron chi connectivity index (χ2n) is 5.26. The van der Waals surface area contributed by atoms with E-state index in [2.05, 4.69) is 24.3 Å². The largest absolute Gasteiger partial charge is 0.461 e. The monoisotopic (exact) mass is 198 g/mol. The van der Waals surface area contributed by atoms with Gasteiger partial charge >= 0.3 is 5.97 Å². The molecule has 3 fully saturated rings. The number of ether oxygens (including phenoxy) is 1. The molecule has 6 unspecified atom stereocenters. The summed E-state index contributed by atoms with van der Waals surface area (Å²) < 4.78 is 5.47. The molecule has 1 saturated heterocycles. The Morgan fingerprint density at radius 3 is 2.40 bits per heavy atom. The standard InChI is InChI=1S/C13H10O2/c14-13-11-8-6-4-2-1-3-5(6)7-9(11)10(7)12(8)15-13/h1-4,7-12H. The number of esters is 1. The Morgan fingerprint density at radius 1 is 0.933 bits per heavy atom. The van der Waals surface area contributed by atoms with Crippen LogP contribution in [0, 0.1) is 17.8 Å². The molecular weight excluding hydrogens is 188 g/mol. The van der Waals surface area contributed by atoms with Gasteiger partial charge in [0.2, 0.25) is 0 Å². The Hall–Kier alpha value is -1.31. The fourth-order valence-corrected chi connectivity index (χ4v) is 4.50. The van der Waals surface area contributed by atoms with Gasteiger partial charge in [-0.25, -0.2) is 0 Å². The first kappa shape index (κ1) is 7.04. The zero-order valence-corrected chi connectivity index (χ0v) is 8.09. The second kappa shape index (κ2) is 1.84. The summed E-state index contributed by atoms with van der Waals surface area (Å²) in [6, 6.07) is 8.62. The zero-order valence-electron chi connectivity index (χ0n) is 8.09. The van der Waals surface area contributed by atoms with Crippen LogP contribution in [0.25, 0.3) is 0 Å². The van der Waals surface area contributed by atoms with Gasteiger partial charge in [-0.05, 0) is 23.0 Å².